The van der Waals surface area contributed by atoms with Crippen molar-refractivity contribution in [3.63, 3.8) is 0 Å². The van der Waals surface area contributed by atoms with E-state index in [0.717, 1.165) is 77.6 Å². The summed E-state index contributed by atoms with van der Waals surface area (Å²) < 4.78 is 5.52. The maximum atomic E-state index is 12.4. The zero-order valence-corrected chi connectivity index (χ0v) is 18.7. The van der Waals surface area contributed by atoms with Crippen molar-refractivity contribution < 1.29 is 9.53 Å². The van der Waals surface area contributed by atoms with Gasteiger partial charge in [0.15, 0.2) is 0 Å². The Hall–Kier alpha value is -1.47. The molecule has 1 saturated heterocycles. The molecular formula is C23H40N4O2. The molecule has 2 rings (SSSR count). The number of nitrogens with zero attached hydrogens (tertiary/aromatic N) is 4. The van der Waals surface area contributed by atoms with E-state index in [1.54, 1.807) is 0 Å². The quantitative estimate of drug-likeness (QED) is 0.648. The van der Waals surface area contributed by atoms with Crippen molar-refractivity contribution in [3.05, 3.63) is 35.9 Å². The van der Waals surface area contributed by atoms with Crippen molar-refractivity contribution in [2.75, 3.05) is 78.5 Å². The first kappa shape index (κ1) is 23.8. The van der Waals surface area contributed by atoms with Crippen molar-refractivity contribution >= 4 is 5.97 Å². The second-order valence-corrected chi connectivity index (χ2v) is 7.73. The van der Waals surface area contributed by atoms with Crippen molar-refractivity contribution in [3.8, 4) is 0 Å². The molecule has 0 amide bonds. The monoisotopic (exact) mass is 404 g/mol. The Morgan fingerprint density at radius 3 is 1.55 bits per heavy atom. The molecule has 0 radical (unpaired) electrons. The summed E-state index contributed by atoms with van der Waals surface area (Å²) in [4.78, 5) is 22.2. The molecule has 1 aliphatic heterocycles. The van der Waals surface area contributed by atoms with E-state index in [2.05, 4.69) is 40.4 Å². The van der Waals surface area contributed by atoms with Gasteiger partial charge in [-0.2, -0.15) is 0 Å². The fourth-order valence-electron chi connectivity index (χ4n) is 3.65. The Bertz CT molecular complexity index is 549. The average Bonchev–Trinajstić information content (AvgIpc) is 2.75. The molecule has 0 spiro atoms. The lowest BCUT2D eigenvalue weighted by atomic mass is 10.2. The van der Waals surface area contributed by atoms with E-state index in [1.807, 2.05) is 30.3 Å². The highest BCUT2D eigenvalue weighted by Gasteiger charge is 2.17. The summed E-state index contributed by atoms with van der Waals surface area (Å²) in [6, 6.07) is 9.89. The minimum absolute atomic E-state index is 0.135. The number of carbonyl (C=O) groups excluding carboxylic acids is 1. The molecule has 0 bridgehead atoms. The van der Waals surface area contributed by atoms with Crippen LogP contribution in [-0.4, -0.2) is 104 Å². The van der Waals surface area contributed by atoms with Gasteiger partial charge in [0.2, 0.25) is 0 Å². The molecule has 0 N–H and O–H groups in total. The zero-order valence-electron chi connectivity index (χ0n) is 18.7. The summed E-state index contributed by atoms with van der Waals surface area (Å²) >= 11 is 0. The Morgan fingerprint density at radius 1 is 0.724 bits per heavy atom. The van der Waals surface area contributed by atoms with E-state index in [9.17, 15) is 4.79 Å². The van der Waals surface area contributed by atoms with E-state index in [-0.39, 0.29) is 5.97 Å². The molecule has 1 aromatic carbocycles. The van der Waals surface area contributed by atoms with Crippen LogP contribution in [0.5, 0.6) is 0 Å². The largest absolute Gasteiger partial charge is 0.460 e. The molecular weight excluding hydrogens is 364 g/mol. The van der Waals surface area contributed by atoms with Gasteiger partial charge in [0.1, 0.15) is 6.61 Å². The number of esters is 1. The van der Waals surface area contributed by atoms with Crippen LogP contribution >= 0.6 is 0 Å². The Morgan fingerprint density at radius 2 is 1.14 bits per heavy atom. The van der Waals surface area contributed by atoms with E-state index in [1.165, 1.54) is 0 Å². The molecule has 6 heteroatoms. The van der Waals surface area contributed by atoms with E-state index >= 15 is 0 Å². The average molecular weight is 405 g/mol. The highest BCUT2D eigenvalue weighted by atomic mass is 16.5. The lowest BCUT2D eigenvalue weighted by Gasteiger charge is -2.33. The first-order valence-corrected chi connectivity index (χ1v) is 11.2. The summed E-state index contributed by atoms with van der Waals surface area (Å²) in [6.45, 7) is 18.8. The van der Waals surface area contributed by atoms with Crippen LogP contribution in [0.1, 0.15) is 26.3 Å². The van der Waals surface area contributed by atoms with Gasteiger partial charge in [-0.1, -0.05) is 51.1 Å². The second-order valence-electron chi connectivity index (χ2n) is 7.73. The highest BCUT2D eigenvalue weighted by Crippen LogP contribution is 2.03. The van der Waals surface area contributed by atoms with Gasteiger partial charge in [0, 0.05) is 52.4 Å². The van der Waals surface area contributed by atoms with Crippen LogP contribution < -0.4 is 0 Å². The normalized spacial score (nSPS) is 19.4. The van der Waals surface area contributed by atoms with Gasteiger partial charge in [-0.3, -0.25) is 9.69 Å². The number of hydrogen-bond acceptors (Lipinski definition) is 6. The second kappa shape index (κ2) is 13.7. The first-order chi connectivity index (χ1) is 14.1. The van der Waals surface area contributed by atoms with Crippen LogP contribution in [0, 0.1) is 0 Å². The van der Waals surface area contributed by atoms with Crippen LogP contribution in [0.15, 0.2) is 30.3 Å². The third kappa shape index (κ3) is 9.26. The van der Waals surface area contributed by atoms with Crippen molar-refractivity contribution in [1.29, 1.82) is 0 Å². The summed E-state index contributed by atoms with van der Waals surface area (Å²) in [6.07, 6.45) is 0. The fraction of sp³-hybridized carbons (Fsp3) is 0.696. The SMILES string of the molecule is CCN1CCN(CC)CCN(CC(=O)OCc2ccccc2)CCN(CC)CC1. The third-order valence-electron chi connectivity index (χ3n) is 5.87. The van der Waals surface area contributed by atoms with E-state index in [0.29, 0.717) is 13.2 Å². The van der Waals surface area contributed by atoms with Gasteiger partial charge in [-0.05, 0) is 25.2 Å². The van der Waals surface area contributed by atoms with Gasteiger partial charge >= 0.3 is 5.97 Å². The first-order valence-electron chi connectivity index (χ1n) is 11.2. The molecule has 1 fully saturated rings. The lowest BCUT2D eigenvalue weighted by Crippen LogP contribution is -2.46. The maximum absolute atomic E-state index is 12.4. The maximum Gasteiger partial charge on any atom is 0.320 e. The smallest absolute Gasteiger partial charge is 0.320 e. The van der Waals surface area contributed by atoms with Crippen molar-refractivity contribution in [2.24, 2.45) is 0 Å². The predicted molar refractivity (Wildman–Crippen MR) is 119 cm³/mol. The molecule has 0 unspecified atom stereocenters. The molecule has 6 nitrogen and oxygen atoms in total. The molecule has 1 heterocycles. The Balaban J connectivity index is 1.91. The van der Waals surface area contributed by atoms with E-state index in [4.69, 9.17) is 4.74 Å². The molecule has 0 aromatic heterocycles. The lowest BCUT2D eigenvalue weighted by molar-refractivity contribution is -0.146. The van der Waals surface area contributed by atoms with Gasteiger partial charge in [0.25, 0.3) is 0 Å². The topological polar surface area (TPSA) is 39.3 Å². The highest BCUT2D eigenvalue weighted by molar-refractivity contribution is 5.71. The number of carbonyl (C=O) groups is 1. The Labute approximate surface area is 177 Å². The summed E-state index contributed by atoms with van der Waals surface area (Å²) in [5.74, 6) is -0.135. The van der Waals surface area contributed by atoms with Crippen LogP contribution in [0.4, 0.5) is 0 Å². The van der Waals surface area contributed by atoms with Crippen molar-refractivity contribution in [1.82, 2.24) is 19.6 Å². The van der Waals surface area contributed by atoms with Gasteiger partial charge < -0.3 is 19.4 Å². The molecule has 1 aromatic rings. The minimum atomic E-state index is -0.135. The summed E-state index contributed by atoms with van der Waals surface area (Å²) in [5.41, 5.74) is 1.03. The summed E-state index contributed by atoms with van der Waals surface area (Å²) in [7, 11) is 0. The van der Waals surface area contributed by atoms with Gasteiger partial charge in [0.05, 0.1) is 6.54 Å². The minimum Gasteiger partial charge on any atom is -0.460 e. The van der Waals surface area contributed by atoms with Gasteiger partial charge in [-0.15, -0.1) is 0 Å². The standard InChI is InChI=1S/C23H40N4O2/c1-4-24-12-14-25(5-2)16-18-27(19-17-26(6-3)15-13-24)20-23(28)29-21-22-10-8-7-9-11-22/h7-11H,4-6,12-21H2,1-3H3. The Kier molecular flexibility index (Phi) is 11.2. The fourth-order valence-corrected chi connectivity index (χ4v) is 3.65. The predicted octanol–water partition coefficient (Wildman–Crippen LogP) is 2.01. The van der Waals surface area contributed by atoms with Crippen LogP contribution in [0.2, 0.25) is 0 Å². The third-order valence-corrected chi connectivity index (χ3v) is 5.87. The number of benzene rings is 1. The zero-order chi connectivity index (χ0) is 20.9. The molecule has 0 aliphatic carbocycles. The van der Waals surface area contributed by atoms with E-state index < -0.39 is 0 Å². The number of ether oxygens (including phenoxy) is 1. The molecule has 0 saturated carbocycles. The molecule has 1 aliphatic rings. The van der Waals surface area contributed by atoms with Gasteiger partial charge in [-0.25, -0.2) is 0 Å². The number of likely N-dealkylation sites (N-methyl/N-ethyl adjacent to an activating group) is 3. The van der Waals surface area contributed by atoms with Crippen LogP contribution in [-0.2, 0) is 16.1 Å². The number of rotatable bonds is 7. The van der Waals surface area contributed by atoms with Crippen LogP contribution in [0.3, 0.4) is 0 Å². The number of hydrogen-bond donors (Lipinski definition) is 0. The molecule has 29 heavy (non-hydrogen) atoms. The molecule has 0 atom stereocenters. The van der Waals surface area contributed by atoms with Crippen molar-refractivity contribution in [2.45, 2.75) is 27.4 Å². The summed E-state index contributed by atoms with van der Waals surface area (Å²) in [5, 5.41) is 0. The van der Waals surface area contributed by atoms with Crippen LogP contribution in [0.25, 0.3) is 0 Å². The molecule has 164 valence electrons.